The van der Waals surface area contributed by atoms with Gasteiger partial charge in [0.25, 0.3) is 0 Å². The summed E-state index contributed by atoms with van der Waals surface area (Å²) in [4.78, 5) is 21.2. The van der Waals surface area contributed by atoms with Crippen LogP contribution in [0.15, 0.2) is 0 Å². The molecule has 0 saturated heterocycles. The quantitative estimate of drug-likeness (QED) is 0.464. The lowest BCUT2D eigenvalue weighted by Gasteiger charge is -2.07. The minimum absolute atomic E-state index is 0.0856. The summed E-state index contributed by atoms with van der Waals surface area (Å²) in [7, 11) is 1.58. The van der Waals surface area contributed by atoms with Gasteiger partial charge in [-0.2, -0.15) is 0 Å². The number of carboxylic acids is 1. The Hall–Kier alpha value is -1.34. The average Bonchev–Trinajstić information content (AvgIpc) is 2.22. The SMILES string of the molecule is COCCOCCNC(=O)NCCC(=O)O. The molecule has 0 aliphatic carbocycles. The lowest BCUT2D eigenvalue weighted by molar-refractivity contribution is -0.136. The van der Waals surface area contributed by atoms with Crippen molar-refractivity contribution in [2.45, 2.75) is 6.42 Å². The molecule has 0 aromatic heterocycles. The smallest absolute Gasteiger partial charge is 0.314 e. The van der Waals surface area contributed by atoms with E-state index in [4.69, 9.17) is 14.6 Å². The van der Waals surface area contributed by atoms with E-state index in [2.05, 4.69) is 10.6 Å². The largest absolute Gasteiger partial charge is 0.481 e. The predicted octanol–water partition coefficient (Wildman–Crippen LogP) is -0.577. The van der Waals surface area contributed by atoms with Crippen molar-refractivity contribution >= 4 is 12.0 Å². The van der Waals surface area contributed by atoms with Crippen LogP contribution in [0.25, 0.3) is 0 Å². The highest BCUT2D eigenvalue weighted by atomic mass is 16.5. The number of carbonyl (C=O) groups excluding carboxylic acids is 1. The van der Waals surface area contributed by atoms with Crippen LogP contribution in [0, 0.1) is 0 Å². The minimum Gasteiger partial charge on any atom is -0.481 e. The molecule has 0 atom stereocenters. The van der Waals surface area contributed by atoms with Gasteiger partial charge < -0.3 is 25.2 Å². The Kier molecular flexibility index (Phi) is 9.33. The van der Waals surface area contributed by atoms with E-state index in [9.17, 15) is 9.59 Å². The lowest BCUT2D eigenvalue weighted by Crippen LogP contribution is -2.38. The van der Waals surface area contributed by atoms with Crippen LogP contribution in [-0.4, -0.2) is 57.1 Å². The first-order valence-corrected chi connectivity index (χ1v) is 4.97. The van der Waals surface area contributed by atoms with Crippen molar-refractivity contribution < 1.29 is 24.2 Å². The van der Waals surface area contributed by atoms with E-state index in [0.717, 1.165) is 0 Å². The number of aliphatic carboxylic acids is 1. The molecule has 0 saturated carbocycles. The normalized spacial score (nSPS) is 9.81. The van der Waals surface area contributed by atoms with Crippen LogP contribution in [0.3, 0.4) is 0 Å². The molecule has 0 radical (unpaired) electrons. The molecule has 2 amide bonds. The third-order valence-electron chi connectivity index (χ3n) is 1.59. The molecule has 0 aliphatic heterocycles. The summed E-state index contributed by atoms with van der Waals surface area (Å²) in [6.07, 6.45) is -0.0856. The zero-order valence-electron chi connectivity index (χ0n) is 9.32. The number of amides is 2. The molecule has 0 fully saturated rings. The molecule has 0 aromatic carbocycles. The van der Waals surface area contributed by atoms with Gasteiger partial charge in [-0.05, 0) is 0 Å². The standard InChI is InChI=1S/C9H18N2O5/c1-15-6-7-16-5-4-11-9(14)10-3-2-8(12)13/h2-7H2,1H3,(H,12,13)(H2,10,11,14). The van der Waals surface area contributed by atoms with Crippen LogP contribution in [-0.2, 0) is 14.3 Å². The highest BCUT2D eigenvalue weighted by Gasteiger charge is 2.00. The zero-order valence-corrected chi connectivity index (χ0v) is 9.32. The highest BCUT2D eigenvalue weighted by Crippen LogP contribution is 1.77. The molecular formula is C9H18N2O5. The fourth-order valence-electron chi connectivity index (χ4n) is 0.827. The maximum atomic E-state index is 11.0. The van der Waals surface area contributed by atoms with E-state index >= 15 is 0 Å². The highest BCUT2D eigenvalue weighted by molar-refractivity contribution is 5.74. The molecule has 0 aliphatic rings. The number of nitrogens with one attached hydrogen (secondary N) is 2. The van der Waals surface area contributed by atoms with Crippen molar-refractivity contribution in [3.05, 3.63) is 0 Å². The van der Waals surface area contributed by atoms with E-state index < -0.39 is 12.0 Å². The number of ether oxygens (including phenoxy) is 2. The van der Waals surface area contributed by atoms with E-state index in [1.54, 1.807) is 7.11 Å². The Bertz CT molecular complexity index is 210. The van der Waals surface area contributed by atoms with E-state index in [1.807, 2.05) is 0 Å². The second-order valence-corrected chi connectivity index (χ2v) is 2.93. The van der Waals surface area contributed by atoms with Gasteiger partial charge in [0.1, 0.15) is 0 Å². The lowest BCUT2D eigenvalue weighted by atomic mass is 10.4. The number of carboxylic acid groups (broad SMARTS) is 1. The summed E-state index contributed by atoms with van der Waals surface area (Å²) in [5.74, 6) is -0.941. The molecule has 7 nitrogen and oxygen atoms in total. The third kappa shape index (κ3) is 10.7. The van der Waals surface area contributed by atoms with Gasteiger partial charge in [0.05, 0.1) is 26.2 Å². The van der Waals surface area contributed by atoms with Crippen molar-refractivity contribution in [1.82, 2.24) is 10.6 Å². The fourth-order valence-corrected chi connectivity index (χ4v) is 0.827. The summed E-state index contributed by atoms with van der Waals surface area (Å²) in [6.45, 7) is 1.90. The van der Waals surface area contributed by atoms with Crippen LogP contribution in [0.5, 0.6) is 0 Å². The van der Waals surface area contributed by atoms with Gasteiger partial charge in [0.2, 0.25) is 0 Å². The van der Waals surface area contributed by atoms with Crippen LogP contribution in [0.1, 0.15) is 6.42 Å². The molecule has 0 aromatic rings. The first kappa shape index (κ1) is 14.7. The Balaban J connectivity index is 3.20. The number of urea groups is 1. The van der Waals surface area contributed by atoms with Gasteiger partial charge in [-0.25, -0.2) is 4.79 Å². The summed E-state index contributed by atoms with van der Waals surface area (Å²) >= 11 is 0. The van der Waals surface area contributed by atoms with Crippen LogP contribution in [0.2, 0.25) is 0 Å². The molecule has 0 unspecified atom stereocenters. The third-order valence-corrected chi connectivity index (χ3v) is 1.59. The molecule has 0 spiro atoms. The Morgan fingerprint density at radius 1 is 1.12 bits per heavy atom. The monoisotopic (exact) mass is 234 g/mol. The fraction of sp³-hybridized carbons (Fsp3) is 0.778. The number of rotatable bonds is 9. The van der Waals surface area contributed by atoms with Gasteiger partial charge in [-0.3, -0.25) is 4.79 Å². The second-order valence-electron chi connectivity index (χ2n) is 2.93. The molecule has 0 heterocycles. The summed E-state index contributed by atoms with van der Waals surface area (Å²) in [5.41, 5.74) is 0. The molecule has 3 N–H and O–H groups in total. The van der Waals surface area contributed by atoms with Crippen molar-refractivity contribution in [3.63, 3.8) is 0 Å². The van der Waals surface area contributed by atoms with Crippen molar-refractivity contribution in [2.75, 3.05) is 40.0 Å². The van der Waals surface area contributed by atoms with Gasteiger partial charge >= 0.3 is 12.0 Å². The Labute approximate surface area is 94.1 Å². The van der Waals surface area contributed by atoms with Gasteiger partial charge in [0, 0.05) is 20.2 Å². The maximum Gasteiger partial charge on any atom is 0.314 e. The second kappa shape index (κ2) is 10.2. The molecule has 7 heteroatoms. The Morgan fingerprint density at radius 2 is 1.81 bits per heavy atom. The predicted molar refractivity (Wildman–Crippen MR) is 56.3 cm³/mol. The van der Waals surface area contributed by atoms with E-state index in [0.29, 0.717) is 26.4 Å². The first-order chi connectivity index (χ1) is 7.66. The summed E-state index contributed by atoms with van der Waals surface area (Å²) in [6, 6.07) is -0.392. The number of hydrogen-bond donors (Lipinski definition) is 3. The van der Waals surface area contributed by atoms with E-state index in [1.165, 1.54) is 0 Å². The van der Waals surface area contributed by atoms with Gasteiger partial charge in [-0.1, -0.05) is 0 Å². The topological polar surface area (TPSA) is 96.9 Å². The molecule has 16 heavy (non-hydrogen) atoms. The summed E-state index contributed by atoms with van der Waals surface area (Å²) < 4.78 is 9.87. The van der Waals surface area contributed by atoms with Gasteiger partial charge in [0.15, 0.2) is 0 Å². The molecular weight excluding hydrogens is 216 g/mol. The number of methoxy groups -OCH3 is 1. The first-order valence-electron chi connectivity index (χ1n) is 4.97. The van der Waals surface area contributed by atoms with Crippen molar-refractivity contribution in [1.29, 1.82) is 0 Å². The van der Waals surface area contributed by atoms with E-state index in [-0.39, 0.29) is 13.0 Å². The maximum absolute atomic E-state index is 11.0. The van der Waals surface area contributed by atoms with Gasteiger partial charge in [-0.15, -0.1) is 0 Å². The minimum atomic E-state index is -0.941. The Morgan fingerprint density at radius 3 is 2.44 bits per heavy atom. The van der Waals surface area contributed by atoms with Crippen LogP contribution >= 0.6 is 0 Å². The molecule has 94 valence electrons. The van der Waals surface area contributed by atoms with Crippen molar-refractivity contribution in [2.24, 2.45) is 0 Å². The van der Waals surface area contributed by atoms with Crippen LogP contribution in [0.4, 0.5) is 4.79 Å². The number of carbonyl (C=O) groups is 2. The summed E-state index contributed by atoms with van der Waals surface area (Å²) in [5, 5.41) is 13.2. The molecule has 0 rings (SSSR count). The molecule has 0 bridgehead atoms. The van der Waals surface area contributed by atoms with Crippen LogP contribution < -0.4 is 10.6 Å². The zero-order chi connectivity index (χ0) is 12.2. The average molecular weight is 234 g/mol. The number of hydrogen-bond acceptors (Lipinski definition) is 4. The van der Waals surface area contributed by atoms with Crippen molar-refractivity contribution in [3.8, 4) is 0 Å².